The normalized spacial score (nSPS) is 17.7. The molecule has 1 atom stereocenters. The zero-order valence-corrected chi connectivity index (χ0v) is 17.6. The summed E-state index contributed by atoms with van der Waals surface area (Å²) in [5.41, 5.74) is 5.95. The minimum absolute atomic E-state index is 0.490. The fourth-order valence-electron chi connectivity index (χ4n) is 4.55. The first-order valence-corrected chi connectivity index (χ1v) is 11.7. The monoisotopic (exact) mass is 392 g/mol. The van der Waals surface area contributed by atoms with Gasteiger partial charge in [-0.25, -0.2) is 0 Å². The van der Waals surface area contributed by atoms with Crippen LogP contribution in [-0.2, 0) is 0 Å². The average Bonchev–Trinajstić information content (AvgIpc) is 3.35. The summed E-state index contributed by atoms with van der Waals surface area (Å²) in [6.45, 7) is 2.29. The predicted molar refractivity (Wildman–Crippen MR) is 127 cm³/mol. The van der Waals surface area contributed by atoms with Crippen molar-refractivity contribution in [2.75, 3.05) is 0 Å². The van der Waals surface area contributed by atoms with Crippen LogP contribution in [0.3, 0.4) is 0 Å². The van der Waals surface area contributed by atoms with Crippen LogP contribution in [0.4, 0.5) is 0 Å². The standard InChI is InChI=1S/C28H25P/c1-21-18-23-10-8-9-15-27(23)28(21)20-22-16-17-26(19-22)29(24-11-4-2-5-12-24)25-13-6-3-7-14-25/h2-15,17-19,28H,16,20H2,1H3. The third kappa shape index (κ3) is 3.66. The molecular formula is C28H25P. The molecule has 0 amide bonds. The van der Waals surface area contributed by atoms with Gasteiger partial charge in [0.1, 0.15) is 0 Å². The van der Waals surface area contributed by atoms with E-state index in [4.69, 9.17) is 0 Å². The largest absolute Gasteiger partial charge is 0.0721 e. The Kier molecular flexibility index (Phi) is 5.04. The van der Waals surface area contributed by atoms with Gasteiger partial charge in [-0.1, -0.05) is 114 Å². The molecule has 5 rings (SSSR count). The lowest BCUT2D eigenvalue weighted by molar-refractivity contribution is 0.784. The van der Waals surface area contributed by atoms with Crippen LogP contribution in [0.5, 0.6) is 0 Å². The molecule has 0 bridgehead atoms. The topological polar surface area (TPSA) is 0 Å². The highest BCUT2D eigenvalue weighted by molar-refractivity contribution is 7.77. The van der Waals surface area contributed by atoms with Gasteiger partial charge in [-0.05, 0) is 54.7 Å². The van der Waals surface area contributed by atoms with Crippen molar-refractivity contribution in [3.05, 3.63) is 125 Å². The Hall–Kier alpha value is -2.69. The Morgan fingerprint density at radius 2 is 1.38 bits per heavy atom. The number of benzene rings is 3. The van der Waals surface area contributed by atoms with Crippen molar-refractivity contribution in [2.45, 2.75) is 25.7 Å². The summed E-state index contributed by atoms with van der Waals surface area (Å²) < 4.78 is 0. The average molecular weight is 392 g/mol. The fourth-order valence-corrected chi connectivity index (χ4v) is 6.97. The lowest BCUT2D eigenvalue weighted by atomic mass is 9.89. The number of hydrogen-bond acceptors (Lipinski definition) is 0. The van der Waals surface area contributed by atoms with E-state index in [9.17, 15) is 0 Å². The van der Waals surface area contributed by atoms with E-state index in [-0.39, 0.29) is 0 Å². The van der Waals surface area contributed by atoms with Gasteiger partial charge in [0.15, 0.2) is 0 Å². The summed E-state index contributed by atoms with van der Waals surface area (Å²) in [5, 5.41) is 4.36. The van der Waals surface area contributed by atoms with E-state index in [1.54, 1.807) is 5.57 Å². The van der Waals surface area contributed by atoms with E-state index >= 15 is 0 Å². The van der Waals surface area contributed by atoms with Gasteiger partial charge in [-0.2, -0.15) is 0 Å². The van der Waals surface area contributed by atoms with Crippen LogP contribution in [0.25, 0.3) is 6.08 Å². The van der Waals surface area contributed by atoms with Gasteiger partial charge < -0.3 is 0 Å². The van der Waals surface area contributed by atoms with Crippen LogP contribution < -0.4 is 10.6 Å². The number of fused-ring (bicyclic) bond motifs is 1. The molecule has 0 N–H and O–H groups in total. The highest BCUT2D eigenvalue weighted by Crippen LogP contribution is 2.49. The van der Waals surface area contributed by atoms with Crippen LogP contribution in [0.1, 0.15) is 36.8 Å². The molecule has 0 aromatic heterocycles. The second-order valence-electron chi connectivity index (χ2n) is 7.92. The van der Waals surface area contributed by atoms with Crippen molar-refractivity contribution in [3.8, 4) is 0 Å². The lowest BCUT2D eigenvalue weighted by Crippen LogP contribution is -2.11. The van der Waals surface area contributed by atoms with E-state index in [2.05, 4.69) is 110 Å². The molecule has 0 heterocycles. The smallest absolute Gasteiger partial charge is 0.00920 e. The van der Waals surface area contributed by atoms with E-state index in [1.807, 2.05) is 0 Å². The Morgan fingerprint density at radius 3 is 2.07 bits per heavy atom. The van der Waals surface area contributed by atoms with Crippen molar-refractivity contribution in [2.24, 2.45) is 0 Å². The molecule has 3 aromatic rings. The molecule has 0 nitrogen and oxygen atoms in total. The van der Waals surface area contributed by atoms with Crippen molar-refractivity contribution < 1.29 is 0 Å². The van der Waals surface area contributed by atoms with Crippen molar-refractivity contribution in [1.29, 1.82) is 0 Å². The zero-order valence-electron chi connectivity index (χ0n) is 16.8. The van der Waals surface area contributed by atoms with Crippen molar-refractivity contribution in [3.63, 3.8) is 0 Å². The van der Waals surface area contributed by atoms with Crippen molar-refractivity contribution in [1.82, 2.24) is 0 Å². The number of rotatable bonds is 5. The molecule has 1 heteroatoms. The molecule has 0 radical (unpaired) electrons. The minimum atomic E-state index is -0.490. The zero-order chi connectivity index (χ0) is 19.6. The third-order valence-corrected chi connectivity index (χ3v) is 8.44. The molecule has 0 saturated carbocycles. The molecule has 2 aliphatic rings. The van der Waals surface area contributed by atoms with Gasteiger partial charge in [0.2, 0.25) is 0 Å². The molecular weight excluding hydrogens is 367 g/mol. The Labute approximate surface area is 175 Å². The van der Waals surface area contributed by atoms with E-state index in [0.29, 0.717) is 5.92 Å². The molecule has 2 aliphatic carbocycles. The van der Waals surface area contributed by atoms with Crippen LogP contribution >= 0.6 is 7.92 Å². The maximum absolute atomic E-state index is 2.50. The van der Waals surface area contributed by atoms with Gasteiger partial charge >= 0.3 is 0 Å². The van der Waals surface area contributed by atoms with Crippen LogP contribution in [0, 0.1) is 0 Å². The summed E-state index contributed by atoms with van der Waals surface area (Å²) in [5.74, 6) is 0.532. The van der Waals surface area contributed by atoms with Crippen LogP contribution in [0.2, 0.25) is 0 Å². The fraction of sp³-hybridized carbons (Fsp3) is 0.143. The molecule has 29 heavy (non-hydrogen) atoms. The highest BCUT2D eigenvalue weighted by Gasteiger charge is 2.26. The second-order valence-corrected chi connectivity index (χ2v) is 10.1. The maximum atomic E-state index is 2.50. The SMILES string of the molecule is CC1=Cc2ccccc2C1CC1=CC(P(c2ccccc2)c2ccccc2)=CC1. The van der Waals surface area contributed by atoms with Gasteiger partial charge in [0.05, 0.1) is 0 Å². The molecule has 3 aromatic carbocycles. The summed E-state index contributed by atoms with van der Waals surface area (Å²) in [6, 6.07) is 30.9. The summed E-state index contributed by atoms with van der Waals surface area (Å²) in [4.78, 5) is 0. The first kappa shape index (κ1) is 18.3. The first-order valence-electron chi connectivity index (χ1n) is 10.4. The molecule has 0 spiro atoms. The highest BCUT2D eigenvalue weighted by atomic mass is 31.1. The summed E-state index contributed by atoms with van der Waals surface area (Å²) >= 11 is 0. The number of allylic oxidation sites excluding steroid dienone is 5. The Balaban J connectivity index is 1.44. The van der Waals surface area contributed by atoms with Crippen molar-refractivity contribution >= 4 is 24.6 Å². The molecule has 0 fully saturated rings. The first-order chi connectivity index (χ1) is 14.3. The summed E-state index contributed by atoms with van der Waals surface area (Å²) in [6.07, 6.45) is 9.55. The van der Waals surface area contributed by atoms with E-state index < -0.39 is 7.92 Å². The summed E-state index contributed by atoms with van der Waals surface area (Å²) in [7, 11) is -0.490. The number of hydrogen-bond donors (Lipinski definition) is 0. The third-order valence-electron chi connectivity index (χ3n) is 5.98. The van der Waals surface area contributed by atoms with Crippen LogP contribution in [0.15, 0.2) is 114 Å². The quantitative estimate of drug-likeness (QED) is 0.413. The molecule has 142 valence electrons. The Morgan fingerprint density at radius 1 is 0.759 bits per heavy atom. The second kappa shape index (κ2) is 7.97. The van der Waals surface area contributed by atoms with Gasteiger partial charge in [0.25, 0.3) is 0 Å². The predicted octanol–water partition coefficient (Wildman–Crippen LogP) is 6.92. The van der Waals surface area contributed by atoms with Gasteiger partial charge in [-0.3, -0.25) is 0 Å². The lowest BCUT2D eigenvalue weighted by Gasteiger charge is -2.19. The van der Waals surface area contributed by atoms with E-state index in [1.165, 1.54) is 32.6 Å². The van der Waals surface area contributed by atoms with Gasteiger partial charge in [0, 0.05) is 5.92 Å². The van der Waals surface area contributed by atoms with Crippen LogP contribution in [-0.4, -0.2) is 0 Å². The molecule has 1 unspecified atom stereocenters. The molecule has 0 saturated heterocycles. The minimum Gasteiger partial charge on any atom is -0.0721 e. The molecule has 0 aliphatic heterocycles. The van der Waals surface area contributed by atoms with Gasteiger partial charge in [-0.15, -0.1) is 0 Å². The van der Waals surface area contributed by atoms with E-state index in [0.717, 1.165) is 12.8 Å². The Bertz CT molecular complexity index is 1060. The maximum Gasteiger partial charge on any atom is 0.00920 e.